The van der Waals surface area contributed by atoms with Crippen molar-refractivity contribution in [1.82, 2.24) is 0 Å². The number of hydrogen-bond donors (Lipinski definition) is 0. The standard InChI is InChI=1S/C18H17F3O2/c1-3-13-10-7-11-15(16(13)18(19,20)21)17(22)23-12(2)14-8-5-4-6-9-14/h4-12H,3H2,1-2H3. The second-order valence-electron chi connectivity index (χ2n) is 5.15. The highest BCUT2D eigenvalue weighted by molar-refractivity contribution is 5.92. The first-order chi connectivity index (χ1) is 10.8. The van der Waals surface area contributed by atoms with Gasteiger partial charge >= 0.3 is 12.1 Å². The van der Waals surface area contributed by atoms with Crippen LogP contribution in [-0.4, -0.2) is 5.97 Å². The summed E-state index contributed by atoms with van der Waals surface area (Å²) >= 11 is 0. The molecule has 0 amide bonds. The van der Waals surface area contributed by atoms with Crippen molar-refractivity contribution in [2.45, 2.75) is 32.5 Å². The fourth-order valence-corrected chi connectivity index (χ4v) is 2.42. The lowest BCUT2D eigenvalue weighted by Gasteiger charge is -2.18. The van der Waals surface area contributed by atoms with Crippen LogP contribution in [0.25, 0.3) is 0 Å². The Morgan fingerprint density at radius 1 is 1.09 bits per heavy atom. The molecule has 122 valence electrons. The van der Waals surface area contributed by atoms with Crippen molar-refractivity contribution in [3.8, 4) is 0 Å². The normalized spacial score (nSPS) is 12.7. The van der Waals surface area contributed by atoms with Gasteiger partial charge in [-0.25, -0.2) is 4.79 Å². The van der Waals surface area contributed by atoms with Crippen molar-refractivity contribution in [2.75, 3.05) is 0 Å². The molecule has 2 aromatic rings. The number of benzene rings is 2. The minimum absolute atomic E-state index is 0.0827. The number of halogens is 3. The van der Waals surface area contributed by atoms with Crippen LogP contribution in [0.4, 0.5) is 13.2 Å². The van der Waals surface area contributed by atoms with Crippen LogP contribution in [0, 0.1) is 0 Å². The summed E-state index contributed by atoms with van der Waals surface area (Å²) in [6, 6.07) is 12.8. The number of carbonyl (C=O) groups excluding carboxylic acids is 1. The number of carbonyl (C=O) groups is 1. The van der Waals surface area contributed by atoms with E-state index in [4.69, 9.17) is 4.74 Å². The maximum Gasteiger partial charge on any atom is 0.417 e. The van der Waals surface area contributed by atoms with Gasteiger partial charge in [0.05, 0.1) is 11.1 Å². The Hall–Kier alpha value is -2.30. The highest BCUT2D eigenvalue weighted by Crippen LogP contribution is 2.36. The molecule has 0 saturated heterocycles. The van der Waals surface area contributed by atoms with Gasteiger partial charge in [-0.1, -0.05) is 49.4 Å². The highest BCUT2D eigenvalue weighted by atomic mass is 19.4. The largest absolute Gasteiger partial charge is 0.454 e. The number of esters is 1. The maximum atomic E-state index is 13.3. The Morgan fingerprint density at radius 3 is 2.30 bits per heavy atom. The minimum Gasteiger partial charge on any atom is -0.454 e. The summed E-state index contributed by atoms with van der Waals surface area (Å²) in [4.78, 5) is 12.2. The van der Waals surface area contributed by atoms with Gasteiger partial charge in [0.25, 0.3) is 0 Å². The lowest BCUT2D eigenvalue weighted by Crippen LogP contribution is -2.18. The van der Waals surface area contributed by atoms with Crippen molar-refractivity contribution in [3.63, 3.8) is 0 Å². The Balaban J connectivity index is 2.33. The Labute approximate surface area is 132 Å². The van der Waals surface area contributed by atoms with Crippen LogP contribution in [0.3, 0.4) is 0 Å². The highest BCUT2D eigenvalue weighted by Gasteiger charge is 2.38. The third kappa shape index (κ3) is 3.92. The van der Waals surface area contributed by atoms with Crippen molar-refractivity contribution in [2.24, 2.45) is 0 Å². The van der Waals surface area contributed by atoms with E-state index in [1.54, 1.807) is 38.1 Å². The Morgan fingerprint density at radius 2 is 1.74 bits per heavy atom. The summed E-state index contributed by atoms with van der Waals surface area (Å²) in [5, 5.41) is 0. The summed E-state index contributed by atoms with van der Waals surface area (Å²) in [5.74, 6) is -0.969. The van der Waals surface area contributed by atoms with Crippen LogP contribution in [-0.2, 0) is 17.3 Å². The van der Waals surface area contributed by atoms with Crippen molar-refractivity contribution >= 4 is 5.97 Å². The van der Waals surface area contributed by atoms with Crippen LogP contribution in [0.2, 0.25) is 0 Å². The maximum absolute atomic E-state index is 13.3. The van der Waals surface area contributed by atoms with Gasteiger partial charge in [0.15, 0.2) is 0 Å². The van der Waals surface area contributed by atoms with Gasteiger partial charge in [0.2, 0.25) is 0 Å². The van der Waals surface area contributed by atoms with Gasteiger partial charge in [0.1, 0.15) is 6.10 Å². The minimum atomic E-state index is -4.60. The second-order valence-corrected chi connectivity index (χ2v) is 5.15. The molecule has 0 bridgehead atoms. The molecule has 0 aliphatic rings. The lowest BCUT2D eigenvalue weighted by molar-refractivity contribution is -0.138. The number of hydrogen-bond acceptors (Lipinski definition) is 2. The molecule has 23 heavy (non-hydrogen) atoms. The Kier molecular flexibility index (Phi) is 5.08. The van der Waals surface area contributed by atoms with Gasteiger partial charge in [-0.05, 0) is 30.5 Å². The molecule has 2 aromatic carbocycles. The molecule has 2 nitrogen and oxygen atoms in total. The molecule has 0 heterocycles. The molecule has 0 aromatic heterocycles. The van der Waals surface area contributed by atoms with Crippen LogP contribution >= 0.6 is 0 Å². The molecule has 0 fully saturated rings. The fourth-order valence-electron chi connectivity index (χ4n) is 2.42. The van der Waals surface area contributed by atoms with Gasteiger partial charge in [-0.15, -0.1) is 0 Å². The van der Waals surface area contributed by atoms with E-state index in [0.29, 0.717) is 0 Å². The van der Waals surface area contributed by atoms with Crippen LogP contribution in [0.15, 0.2) is 48.5 Å². The molecule has 2 rings (SSSR count). The average molecular weight is 322 g/mol. The summed E-state index contributed by atoms with van der Waals surface area (Å²) in [6.07, 6.45) is -5.05. The monoisotopic (exact) mass is 322 g/mol. The summed E-state index contributed by atoms with van der Waals surface area (Å²) in [6.45, 7) is 3.25. The predicted octanol–water partition coefficient (Wildman–Crippen LogP) is 5.19. The summed E-state index contributed by atoms with van der Waals surface area (Å²) in [5.41, 5.74) is -0.548. The third-order valence-electron chi connectivity index (χ3n) is 3.59. The number of aryl methyl sites for hydroxylation is 1. The first-order valence-corrected chi connectivity index (χ1v) is 7.29. The molecule has 0 aliphatic carbocycles. The number of alkyl halides is 3. The number of ether oxygens (including phenoxy) is 1. The summed E-state index contributed by atoms with van der Waals surface area (Å²) < 4.78 is 45.1. The smallest absolute Gasteiger partial charge is 0.417 e. The van der Waals surface area contributed by atoms with E-state index in [-0.39, 0.29) is 12.0 Å². The summed E-state index contributed by atoms with van der Waals surface area (Å²) in [7, 11) is 0. The molecule has 0 N–H and O–H groups in total. The van der Waals surface area contributed by atoms with E-state index in [0.717, 1.165) is 11.6 Å². The average Bonchev–Trinajstić information content (AvgIpc) is 2.53. The SMILES string of the molecule is CCc1cccc(C(=O)OC(C)c2ccccc2)c1C(F)(F)F. The fraction of sp³-hybridized carbons (Fsp3) is 0.278. The molecule has 1 atom stereocenters. The quantitative estimate of drug-likeness (QED) is 0.725. The third-order valence-corrected chi connectivity index (χ3v) is 3.59. The van der Waals surface area contributed by atoms with Crippen molar-refractivity contribution in [1.29, 1.82) is 0 Å². The molecule has 0 spiro atoms. The second kappa shape index (κ2) is 6.86. The van der Waals surface area contributed by atoms with Crippen LogP contribution < -0.4 is 0 Å². The predicted molar refractivity (Wildman–Crippen MR) is 81.1 cm³/mol. The van der Waals surface area contributed by atoms with Gasteiger partial charge < -0.3 is 4.74 Å². The van der Waals surface area contributed by atoms with Crippen LogP contribution in [0.5, 0.6) is 0 Å². The van der Waals surface area contributed by atoms with Gasteiger partial charge in [-0.3, -0.25) is 0 Å². The molecular weight excluding hydrogens is 305 g/mol. The van der Waals surface area contributed by atoms with Crippen LogP contribution in [0.1, 0.15) is 47.0 Å². The molecular formula is C18H17F3O2. The first-order valence-electron chi connectivity index (χ1n) is 7.29. The zero-order valence-electron chi connectivity index (χ0n) is 12.9. The molecule has 5 heteroatoms. The van der Waals surface area contributed by atoms with Gasteiger partial charge in [0, 0.05) is 0 Å². The van der Waals surface area contributed by atoms with E-state index in [1.165, 1.54) is 12.1 Å². The van der Waals surface area contributed by atoms with Crippen molar-refractivity contribution < 1.29 is 22.7 Å². The zero-order chi connectivity index (χ0) is 17.0. The molecule has 0 radical (unpaired) electrons. The molecule has 0 aliphatic heterocycles. The van der Waals surface area contributed by atoms with E-state index in [9.17, 15) is 18.0 Å². The molecule has 1 unspecified atom stereocenters. The van der Waals surface area contributed by atoms with E-state index >= 15 is 0 Å². The topological polar surface area (TPSA) is 26.3 Å². The Bertz CT molecular complexity index is 678. The van der Waals surface area contributed by atoms with Gasteiger partial charge in [-0.2, -0.15) is 13.2 Å². The zero-order valence-corrected chi connectivity index (χ0v) is 12.9. The number of rotatable bonds is 4. The van der Waals surface area contributed by atoms with Crippen molar-refractivity contribution in [3.05, 3.63) is 70.8 Å². The van der Waals surface area contributed by atoms with E-state index in [2.05, 4.69) is 0 Å². The lowest BCUT2D eigenvalue weighted by atomic mass is 9.98. The van der Waals surface area contributed by atoms with E-state index in [1.807, 2.05) is 6.07 Å². The van der Waals surface area contributed by atoms with E-state index < -0.39 is 29.4 Å². The molecule has 0 saturated carbocycles. The first kappa shape index (κ1) is 17.1.